The summed E-state index contributed by atoms with van der Waals surface area (Å²) in [5.41, 5.74) is 0. The Bertz CT molecular complexity index is 1140. The lowest BCUT2D eigenvalue weighted by Crippen LogP contribution is -2.38. The van der Waals surface area contributed by atoms with Crippen molar-refractivity contribution >= 4 is 33.7 Å². The third-order valence-electron chi connectivity index (χ3n) is 4.45. The number of hydroxylamine groups is 2. The molecule has 0 bridgehead atoms. The summed E-state index contributed by atoms with van der Waals surface area (Å²) in [4.78, 5) is 31.4. The van der Waals surface area contributed by atoms with Crippen molar-refractivity contribution in [1.82, 2.24) is 5.06 Å². The highest BCUT2D eigenvalue weighted by molar-refractivity contribution is 7.19. The fourth-order valence-electron chi connectivity index (χ4n) is 2.92. The van der Waals surface area contributed by atoms with Gasteiger partial charge in [0.1, 0.15) is 17.5 Å². The number of ether oxygens (including phenoxy) is 2. The largest absolute Gasteiger partial charge is 0.539 e. The summed E-state index contributed by atoms with van der Waals surface area (Å²) in [6.45, 7) is 1.76. The second-order valence-corrected chi connectivity index (χ2v) is 7.74. The number of benzene rings is 3. The molecule has 6 nitrogen and oxygen atoms in total. The van der Waals surface area contributed by atoms with E-state index in [1.807, 2.05) is 36.4 Å². The zero-order valence-electron chi connectivity index (χ0n) is 16.6. The van der Waals surface area contributed by atoms with E-state index in [4.69, 9.17) is 14.3 Å². The van der Waals surface area contributed by atoms with Crippen molar-refractivity contribution in [3.63, 3.8) is 0 Å². The number of carbonyl (C=O) groups excluding carboxylic acids is 2. The van der Waals surface area contributed by atoms with Gasteiger partial charge in [0.05, 0.1) is 0 Å². The smallest absolute Gasteiger partial charge is 0.408 e. The molecule has 0 radical (unpaired) electrons. The van der Waals surface area contributed by atoms with E-state index in [-0.39, 0.29) is 0 Å². The summed E-state index contributed by atoms with van der Waals surface area (Å²) in [6.07, 6.45) is -1.87. The van der Waals surface area contributed by atoms with E-state index in [0.717, 1.165) is 20.0 Å². The van der Waals surface area contributed by atoms with Crippen LogP contribution in [0.4, 0.5) is 9.59 Å². The Morgan fingerprint density at radius 3 is 2.03 bits per heavy atom. The monoisotopic (exact) mass is 433 g/mol. The first-order chi connectivity index (χ1) is 15.1. The lowest BCUT2D eigenvalue weighted by molar-refractivity contribution is -0.112. The maximum atomic E-state index is 12.9. The molecule has 0 aliphatic rings. The number of fused-ring (bicyclic) bond motifs is 1. The van der Waals surface area contributed by atoms with Crippen LogP contribution in [0.5, 0.6) is 11.5 Å². The summed E-state index contributed by atoms with van der Waals surface area (Å²) in [5.74, 6) is 0.638. The van der Waals surface area contributed by atoms with Crippen LogP contribution in [0.1, 0.15) is 17.8 Å². The molecule has 0 N–H and O–H groups in total. The normalized spacial score (nSPS) is 11.5. The first-order valence-electron chi connectivity index (χ1n) is 9.59. The van der Waals surface area contributed by atoms with Gasteiger partial charge in [-0.2, -0.15) is 0 Å². The van der Waals surface area contributed by atoms with Gasteiger partial charge in [-0.15, -0.1) is 16.4 Å². The SMILES string of the molecule is CC(c1cc2ccccc2s1)N(OC(=O)Oc1ccccc1)C(=O)Oc1ccccc1. The van der Waals surface area contributed by atoms with Gasteiger partial charge in [-0.05, 0) is 48.7 Å². The first-order valence-corrected chi connectivity index (χ1v) is 10.4. The lowest BCUT2D eigenvalue weighted by atomic mass is 10.2. The highest BCUT2D eigenvalue weighted by atomic mass is 32.1. The second kappa shape index (κ2) is 9.32. The lowest BCUT2D eigenvalue weighted by Gasteiger charge is -2.25. The minimum atomic E-state index is -1.04. The van der Waals surface area contributed by atoms with E-state index in [1.165, 1.54) is 11.3 Å². The van der Waals surface area contributed by atoms with Gasteiger partial charge >= 0.3 is 12.2 Å². The minimum absolute atomic E-state index is 0.304. The zero-order chi connectivity index (χ0) is 21.6. The average Bonchev–Trinajstić information content (AvgIpc) is 3.23. The molecule has 7 heteroatoms. The molecular formula is C24H19NO5S. The predicted octanol–water partition coefficient (Wildman–Crippen LogP) is 6.59. The van der Waals surface area contributed by atoms with Crippen LogP contribution in [0, 0.1) is 0 Å². The van der Waals surface area contributed by atoms with E-state index < -0.39 is 18.3 Å². The van der Waals surface area contributed by atoms with Crippen LogP contribution in [-0.2, 0) is 4.84 Å². The van der Waals surface area contributed by atoms with E-state index in [9.17, 15) is 9.59 Å². The van der Waals surface area contributed by atoms with E-state index in [0.29, 0.717) is 11.5 Å². The Morgan fingerprint density at radius 1 is 0.806 bits per heavy atom. The van der Waals surface area contributed by atoms with Gasteiger partial charge in [0.2, 0.25) is 0 Å². The molecule has 3 aromatic carbocycles. The molecule has 0 aliphatic heterocycles. The summed E-state index contributed by atoms with van der Waals surface area (Å²) >= 11 is 1.51. The molecular weight excluding hydrogens is 414 g/mol. The molecule has 0 saturated heterocycles. The van der Waals surface area contributed by atoms with Gasteiger partial charge in [0, 0.05) is 9.58 Å². The molecule has 0 spiro atoms. The number of carbonyl (C=O) groups is 2. The summed E-state index contributed by atoms with van der Waals surface area (Å²) in [6, 6.07) is 26.3. The van der Waals surface area contributed by atoms with Gasteiger partial charge < -0.3 is 9.47 Å². The molecule has 4 aromatic rings. The van der Waals surface area contributed by atoms with Crippen molar-refractivity contribution in [3.05, 3.63) is 95.9 Å². The van der Waals surface area contributed by atoms with Crippen LogP contribution < -0.4 is 9.47 Å². The Balaban J connectivity index is 1.57. The van der Waals surface area contributed by atoms with Crippen LogP contribution in [0.2, 0.25) is 0 Å². The minimum Gasteiger partial charge on any atom is -0.408 e. The maximum Gasteiger partial charge on any atom is 0.539 e. The van der Waals surface area contributed by atoms with Crippen molar-refractivity contribution < 1.29 is 23.9 Å². The Morgan fingerprint density at radius 2 is 1.39 bits per heavy atom. The Kier molecular flexibility index (Phi) is 6.14. The molecule has 31 heavy (non-hydrogen) atoms. The zero-order valence-corrected chi connectivity index (χ0v) is 17.5. The van der Waals surface area contributed by atoms with Crippen LogP contribution in [-0.4, -0.2) is 17.3 Å². The van der Waals surface area contributed by atoms with Gasteiger partial charge in [-0.25, -0.2) is 9.59 Å². The van der Waals surface area contributed by atoms with Gasteiger partial charge in [0.25, 0.3) is 0 Å². The topological polar surface area (TPSA) is 65.1 Å². The van der Waals surface area contributed by atoms with Gasteiger partial charge in [-0.3, -0.25) is 4.84 Å². The maximum absolute atomic E-state index is 12.9. The fraction of sp³-hybridized carbons (Fsp3) is 0.0833. The van der Waals surface area contributed by atoms with Crippen molar-refractivity contribution in [2.75, 3.05) is 0 Å². The van der Waals surface area contributed by atoms with Gasteiger partial charge in [0.15, 0.2) is 0 Å². The number of nitrogens with zero attached hydrogens (tertiary/aromatic N) is 1. The van der Waals surface area contributed by atoms with Gasteiger partial charge in [-0.1, -0.05) is 54.6 Å². The van der Waals surface area contributed by atoms with Crippen LogP contribution in [0.3, 0.4) is 0 Å². The third kappa shape index (κ3) is 5.02. The average molecular weight is 433 g/mol. The number of rotatable bonds is 4. The number of thiophene rings is 1. The number of amides is 1. The number of hydrogen-bond acceptors (Lipinski definition) is 6. The molecule has 1 amide bonds. The van der Waals surface area contributed by atoms with E-state index >= 15 is 0 Å². The molecule has 0 saturated carbocycles. The number of hydrogen-bond donors (Lipinski definition) is 0. The molecule has 1 heterocycles. The Hall–Kier alpha value is -3.84. The van der Waals surface area contributed by atoms with Crippen molar-refractivity contribution in [2.24, 2.45) is 0 Å². The van der Waals surface area contributed by atoms with Crippen molar-refractivity contribution in [2.45, 2.75) is 13.0 Å². The summed E-state index contributed by atoms with van der Waals surface area (Å²) in [7, 11) is 0. The molecule has 0 aliphatic carbocycles. The highest BCUT2D eigenvalue weighted by Gasteiger charge is 2.30. The highest BCUT2D eigenvalue weighted by Crippen LogP contribution is 2.33. The number of para-hydroxylation sites is 2. The standard InChI is InChI=1S/C24H19NO5S/c1-17(22-16-18-10-8-9-15-21(18)31-22)25(23(26)28-19-11-4-2-5-12-19)30-24(27)29-20-13-6-3-7-14-20/h2-17H,1H3. The fourth-order valence-corrected chi connectivity index (χ4v) is 4.01. The molecule has 0 fully saturated rings. The van der Waals surface area contributed by atoms with E-state index in [2.05, 4.69) is 0 Å². The molecule has 1 unspecified atom stereocenters. The Labute approximate surface area is 183 Å². The van der Waals surface area contributed by atoms with Crippen LogP contribution in [0.25, 0.3) is 10.1 Å². The predicted molar refractivity (Wildman–Crippen MR) is 118 cm³/mol. The second-order valence-electron chi connectivity index (χ2n) is 6.63. The first kappa shape index (κ1) is 20.4. The van der Waals surface area contributed by atoms with Crippen LogP contribution >= 0.6 is 11.3 Å². The molecule has 1 atom stereocenters. The molecule has 156 valence electrons. The van der Waals surface area contributed by atoms with Crippen LogP contribution in [0.15, 0.2) is 91.0 Å². The van der Waals surface area contributed by atoms with Crippen molar-refractivity contribution in [1.29, 1.82) is 0 Å². The molecule has 4 rings (SSSR count). The quantitative estimate of drug-likeness (QED) is 0.206. The van der Waals surface area contributed by atoms with Crippen molar-refractivity contribution in [3.8, 4) is 11.5 Å². The summed E-state index contributed by atoms with van der Waals surface area (Å²) < 4.78 is 11.6. The molecule has 1 aromatic heterocycles. The van der Waals surface area contributed by atoms with E-state index in [1.54, 1.807) is 61.5 Å². The third-order valence-corrected chi connectivity index (χ3v) is 5.74. The summed E-state index contributed by atoms with van der Waals surface area (Å²) in [5, 5.41) is 1.93.